The number of fused-ring (bicyclic) bond motifs is 1. The van der Waals surface area contributed by atoms with Crippen LogP contribution in [0.25, 0.3) is 21.9 Å². The molecule has 0 spiro atoms. The number of nitrogens with one attached hydrogen (secondary N) is 1. The number of anilines is 2. The van der Waals surface area contributed by atoms with Crippen LogP contribution in [-0.4, -0.2) is 15.0 Å². The van der Waals surface area contributed by atoms with Crippen molar-refractivity contribution in [2.24, 2.45) is 0 Å². The van der Waals surface area contributed by atoms with Gasteiger partial charge in [-0.25, -0.2) is 9.97 Å². The Balaban J connectivity index is 1.44. The lowest BCUT2D eigenvalue weighted by Gasteiger charge is -2.12. The second kappa shape index (κ2) is 8.01. The maximum Gasteiger partial charge on any atom is 0.227 e. The molecule has 0 unspecified atom stereocenters. The zero-order chi connectivity index (χ0) is 20.2. The van der Waals surface area contributed by atoms with E-state index in [1.54, 1.807) is 18.6 Å². The van der Waals surface area contributed by atoms with Crippen LogP contribution in [0.5, 0.6) is 11.6 Å². The molecule has 0 saturated carbocycles. The van der Waals surface area contributed by atoms with Gasteiger partial charge in [0, 0.05) is 41.4 Å². The summed E-state index contributed by atoms with van der Waals surface area (Å²) >= 11 is 0. The van der Waals surface area contributed by atoms with E-state index in [-0.39, 0.29) is 0 Å². The molecule has 0 atom stereocenters. The molecule has 3 aromatic heterocycles. The average Bonchev–Trinajstić information content (AvgIpc) is 2.81. The number of hydrogen-bond donors (Lipinski definition) is 1. The minimum absolute atomic E-state index is 0.562. The van der Waals surface area contributed by atoms with E-state index < -0.39 is 0 Å². The van der Waals surface area contributed by atoms with Gasteiger partial charge in [0.05, 0.1) is 0 Å². The van der Waals surface area contributed by atoms with Crippen molar-refractivity contribution in [1.82, 2.24) is 15.0 Å². The van der Waals surface area contributed by atoms with Crippen LogP contribution in [0.15, 0.2) is 104 Å². The molecule has 5 aromatic rings. The van der Waals surface area contributed by atoms with Crippen molar-refractivity contribution in [2.75, 3.05) is 5.32 Å². The first-order chi connectivity index (χ1) is 14.9. The van der Waals surface area contributed by atoms with Gasteiger partial charge in [-0.05, 0) is 65.5 Å². The molecule has 0 fully saturated rings. The van der Waals surface area contributed by atoms with E-state index in [4.69, 9.17) is 4.74 Å². The number of nitrogens with zero attached hydrogens (tertiary/aromatic N) is 3. The highest BCUT2D eigenvalue weighted by atomic mass is 16.5. The third-order valence-electron chi connectivity index (χ3n) is 4.75. The van der Waals surface area contributed by atoms with E-state index in [0.29, 0.717) is 11.6 Å². The van der Waals surface area contributed by atoms with Crippen molar-refractivity contribution < 1.29 is 4.74 Å². The summed E-state index contributed by atoms with van der Waals surface area (Å²) in [6.07, 6.45) is 7.16. The van der Waals surface area contributed by atoms with E-state index >= 15 is 0 Å². The summed E-state index contributed by atoms with van der Waals surface area (Å²) in [5.74, 6) is 2.07. The van der Waals surface area contributed by atoms with Gasteiger partial charge in [-0.1, -0.05) is 24.3 Å². The predicted molar refractivity (Wildman–Crippen MR) is 119 cm³/mol. The minimum atomic E-state index is 0.562. The lowest BCUT2D eigenvalue weighted by molar-refractivity contribution is 0.465. The van der Waals surface area contributed by atoms with Gasteiger partial charge < -0.3 is 10.1 Å². The van der Waals surface area contributed by atoms with E-state index in [1.165, 1.54) is 0 Å². The van der Waals surface area contributed by atoms with Gasteiger partial charge in [0.15, 0.2) is 0 Å². The lowest BCUT2D eigenvalue weighted by Crippen LogP contribution is -1.94. The molecule has 0 aliphatic rings. The highest BCUT2D eigenvalue weighted by molar-refractivity contribution is 5.97. The van der Waals surface area contributed by atoms with E-state index in [9.17, 15) is 0 Å². The van der Waals surface area contributed by atoms with Crippen LogP contribution >= 0.6 is 0 Å². The van der Waals surface area contributed by atoms with Gasteiger partial charge >= 0.3 is 0 Å². The third-order valence-corrected chi connectivity index (χ3v) is 4.75. The Hall–Kier alpha value is -4.25. The average molecular weight is 390 g/mol. The number of rotatable bonds is 5. The van der Waals surface area contributed by atoms with E-state index in [0.717, 1.165) is 33.4 Å². The number of benzene rings is 2. The first-order valence-electron chi connectivity index (χ1n) is 9.61. The maximum atomic E-state index is 6.15. The number of aromatic nitrogens is 3. The van der Waals surface area contributed by atoms with Gasteiger partial charge in [0.2, 0.25) is 5.88 Å². The standard InChI is InChI=1S/C25H18N4O/c1-2-14-27-24(8-1)29-19-9-11-20(12-10-19)30-25-23(7-4-15-28-25)22-6-3-5-18-17-26-16-13-21(18)22/h1-17H,(H,27,29). The molecule has 1 N–H and O–H groups in total. The van der Waals surface area contributed by atoms with Crippen molar-refractivity contribution in [1.29, 1.82) is 0 Å². The van der Waals surface area contributed by atoms with Crippen LogP contribution in [0.3, 0.4) is 0 Å². The lowest BCUT2D eigenvalue weighted by atomic mass is 10.0. The van der Waals surface area contributed by atoms with Crippen LogP contribution in [0.4, 0.5) is 11.5 Å². The van der Waals surface area contributed by atoms with Gasteiger partial charge in [-0.3, -0.25) is 4.98 Å². The quantitative estimate of drug-likeness (QED) is 0.386. The van der Waals surface area contributed by atoms with Gasteiger partial charge in [-0.2, -0.15) is 0 Å². The zero-order valence-electron chi connectivity index (χ0n) is 16.1. The molecule has 0 bridgehead atoms. The van der Waals surface area contributed by atoms with Crippen molar-refractivity contribution in [2.45, 2.75) is 0 Å². The van der Waals surface area contributed by atoms with Crippen molar-refractivity contribution in [3.05, 3.63) is 104 Å². The van der Waals surface area contributed by atoms with Gasteiger partial charge in [-0.15, -0.1) is 0 Å². The molecular weight excluding hydrogens is 372 g/mol. The molecule has 0 saturated heterocycles. The minimum Gasteiger partial charge on any atom is -0.438 e. The second-order valence-electron chi connectivity index (χ2n) is 6.72. The highest BCUT2D eigenvalue weighted by Crippen LogP contribution is 2.35. The van der Waals surface area contributed by atoms with E-state index in [1.807, 2.05) is 72.9 Å². The van der Waals surface area contributed by atoms with Gasteiger partial charge in [0.1, 0.15) is 11.6 Å². The summed E-state index contributed by atoms with van der Waals surface area (Å²) in [4.78, 5) is 13.0. The second-order valence-corrected chi connectivity index (χ2v) is 6.72. The molecule has 2 aromatic carbocycles. The Morgan fingerprint density at radius 3 is 2.40 bits per heavy atom. The van der Waals surface area contributed by atoms with Gasteiger partial charge in [0.25, 0.3) is 0 Å². The molecule has 3 heterocycles. The maximum absolute atomic E-state index is 6.15. The van der Waals surface area contributed by atoms with Crippen molar-refractivity contribution in [3.8, 4) is 22.8 Å². The largest absolute Gasteiger partial charge is 0.438 e. The molecule has 5 heteroatoms. The smallest absolute Gasteiger partial charge is 0.227 e. The summed E-state index contributed by atoms with van der Waals surface area (Å²) in [5, 5.41) is 5.45. The van der Waals surface area contributed by atoms with Crippen LogP contribution in [0.1, 0.15) is 0 Å². The molecule has 0 amide bonds. The Morgan fingerprint density at radius 2 is 1.53 bits per heavy atom. The van der Waals surface area contributed by atoms with E-state index in [2.05, 4.69) is 32.4 Å². The Labute approximate surface area is 174 Å². The fraction of sp³-hybridized carbons (Fsp3) is 0. The molecule has 5 rings (SSSR count). The summed E-state index contributed by atoms with van der Waals surface area (Å²) in [7, 11) is 0. The summed E-state index contributed by atoms with van der Waals surface area (Å²) in [6, 6.07) is 25.6. The molecule has 30 heavy (non-hydrogen) atoms. The number of hydrogen-bond acceptors (Lipinski definition) is 5. The zero-order valence-corrected chi connectivity index (χ0v) is 16.1. The fourth-order valence-electron chi connectivity index (χ4n) is 3.34. The summed E-state index contributed by atoms with van der Waals surface area (Å²) < 4.78 is 6.15. The molecule has 0 aliphatic heterocycles. The topological polar surface area (TPSA) is 59.9 Å². The first kappa shape index (κ1) is 17.8. The predicted octanol–water partition coefficient (Wildman–Crippen LogP) is 6.23. The first-order valence-corrected chi connectivity index (χ1v) is 9.61. The molecule has 5 nitrogen and oxygen atoms in total. The number of ether oxygens (including phenoxy) is 1. The number of pyridine rings is 3. The van der Waals surface area contributed by atoms with Crippen molar-refractivity contribution in [3.63, 3.8) is 0 Å². The summed E-state index contributed by atoms with van der Waals surface area (Å²) in [6.45, 7) is 0. The molecular formula is C25H18N4O. The van der Waals surface area contributed by atoms with Crippen molar-refractivity contribution >= 4 is 22.3 Å². The van der Waals surface area contributed by atoms with Crippen LogP contribution in [0.2, 0.25) is 0 Å². The van der Waals surface area contributed by atoms with Crippen LogP contribution in [-0.2, 0) is 0 Å². The third kappa shape index (κ3) is 3.69. The summed E-state index contributed by atoms with van der Waals surface area (Å²) in [5.41, 5.74) is 2.93. The highest BCUT2D eigenvalue weighted by Gasteiger charge is 2.11. The molecule has 144 valence electrons. The Kier molecular flexibility index (Phi) is 4.76. The van der Waals surface area contributed by atoms with Crippen LogP contribution < -0.4 is 10.1 Å². The fourth-order valence-corrected chi connectivity index (χ4v) is 3.34. The SMILES string of the molecule is c1ccc(Nc2ccc(Oc3ncccc3-c3cccc4cnccc34)cc2)nc1. The normalized spacial score (nSPS) is 10.7. The molecule has 0 aliphatic carbocycles. The Bertz CT molecular complexity index is 1280. The molecule has 0 radical (unpaired) electrons. The van der Waals surface area contributed by atoms with Crippen LogP contribution in [0, 0.1) is 0 Å². The Morgan fingerprint density at radius 1 is 0.667 bits per heavy atom. The monoisotopic (exact) mass is 390 g/mol.